The number of anilines is 1. The van der Waals surface area contributed by atoms with Gasteiger partial charge in [-0.15, -0.1) is 0 Å². The molecule has 1 aromatic carbocycles. The molecular weight excluding hydrogens is 314 g/mol. The van der Waals surface area contributed by atoms with Crippen molar-refractivity contribution < 1.29 is 9.90 Å². The van der Waals surface area contributed by atoms with E-state index in [0.717, 1.165) is 10.9 Å². The highest BCUT2D eigenvalue weighted by Gasteiger charge is 2.09. The molecule has 3 nitrogen and oxygen atoms in total. The molecular formula is C13H12BrNO2S. The first-order valence-corrected chi connectivity index (χ1v) is 7.18. The summed E-state index contributed by atoms with van der Waals surface area (Å²) in [6, 6.07) is 7.19. The number of rotatable bonds is 5. The summed E-state index contributed by atoms with van der Waals surface area (Å²) in [7, 11) is 0. The van der Waals surface area contributed by atoms with Gasteiger partial charge in [0.25, 0.3) is 0 Å². The first-order chi connectivity index (χ1) is 8.66. The number of nitrogens with one attached hydrogen (secondary N) is 1. The largest absolute Gasteiger partial charge is 0.478 e. The summed E-state index contributed by atoms with van der Waals surface area (Å²) >= 11 is 5.01. The monoisotopic (exact) mass is 325 g/mol. The molecule has 0 fully saturated rings. The van der Waals surface area contributed by atoms with Crippen molar-refractivity contribution in [3.8, 4) is 0 Å². The number of carbonyl (C=O) groups is 1. The summed E-state index contributed by atoms with van der Waals surface area (Å²) < 4.78 is 0.866. The van der Waals surface area contributed by atoms with Gasteiger partial charge in [-0.05, 0) is 47.0 Å². The van der Waals surface area contributed by atoms with Crippen LogP contribution in [0.5, 0.6) is 0 Å². The number of hydrogen-bond donors (Lipinski definition) is 2. The van der Waals surface area contributed by atoms with Crippen molar-refractivity contribution in [2.45, 2.75) is 6.42 Å². The predicted molar refractivity (Wildman–Crippen MR) is 77.6 cm³/mol. The lowest BCUT2D eigenvalue weighted by molar-refractivity contribution is 0.0698. The van der Waals surface area contributed by atoms with Gasteiger partial charge in [0.1, 0.15) is 0 Å². The van der Waals surface area contributed by atoms with E-state index >= 15 is 0 Å². The summed E-state index contributed by atoms with van der Waals surface area (Å²) in [5.74, 6) is -0.916. The molecule has 1 aromatic heterocycles. The zero-order chi connectivity index (χ0) is 13.0. The zero-order valence-corrected chi connectivity index (χ0v) is 11.9. The predicted octanol–water partition coefficient (Wildman–Crippen LogP) is 3.86. The van der Waals surface area contributed by atoms with Crippen LogP contribution in [0.15, 0.2) is 39.5 Å². The van der Waals surface area contributed by atoms with E-state index in [0.29, 0.717) is 17.8 Å². The van der Waals surface area contributed by atoms with Gasteiger partial charge < -0.3 is 10.4 Å². The standard InChI is InChI=1S/C13H12BrNO2S/c14-10-1-2-11(13(16)17)12(7-10)15-5-3-9-4-6-18-8-9/h1-2,4,6-8,15H,3,5H2,(H,16,17). The molecule has 0 aliphatic rings. The van der Waals surface area contributed by atoms with Gasteiger partial charge in [-0.25, -0.2) is 4.79 Å². The Hall–Kier alpha value is -1.33. The molecule has 18 heavy (non-hydrogen) atoms. The van der Waals surface area contributed by atoms with E-state index in [4.69, 9.17) is 5.11 Å². The third-order valence-electron chi connectivity index (χ3n) is 2.52. The molecule has 0 saturated carbocycles. The molecule has 0 bridgehead atoms. The lowest BCUT2D eigenvalue weighted by atomic mass is 10.1. The van der Waals surface area contributed by atoms with Crippen molar-refractivity contribution in [2.24, 2.45) is 0 Å². The Balaban J connectivity index is 2.03. The van der Waals surface area contributed by atoms with Crippen LogP contribution in [0.3, 0.4) is 0 Å². The van der Waals surface area contributed by atoms with E-state index in [9.17, 15) is 4.79 Å². The average molecular weight is 326 g/mol. The number of thiophene rings is 1. The van der Waals surface area contributed by atoms with Gasteiger partial charge in [-0.1, -0.05) is 15.9 Å². The van der Waals surface area contributed by atoms with Crippen molar-refractivity contribution in [3.05, 3.63) is 50.6 Å². The van der Waals surface area contributed by atoms with Crippen LogP contribution in [0.25, 0.3) is 0 Å². The number of carboxylic acid groups (broad SMARTS) is 1. The molecule has 1 heterocycles. The van der Waals surface area contributed by atoms with Gasteiger partial charge >= 0.3 is 5.97 Å². The second kappa shape index (κ2) is 6.02. The van der Waals surface area contributed by atoms with Gasteiger partial charge in [0.15, 0.2) is 0 Å². The maximum atomic E-state index is 11.1. The number of benzene rings is 1. The molecule has 0 spiro atoms. The van der Waals surface area contributed by atoms with Gasteiger partial charge in [-0.3, -0.25) is 0 Å². The van der Waals surface area contributed by atoms with E-state index in [1.807, 2.05) is 5.38 Å². The van der Waals surface area contributed by atoms with Crippen LogP contribution in [-0.2, 0) is 6.42 Å². The highest BCUT2D eigenvalue weighted by molar-refractivity contribution is 9.10. The minimum Gasteiger partial charge on any atom is -0.478 e. The third-order valence-corrected chi connectivity index (χ3v) is 3.75. The first kappa shape index (κ1) is 13.1. The fraction of sp³-hybridized carbons (Fsp3) is 0.154. The SMILES string of the molecule is O=C(O)c1ccc(Br)cc1NCCc1ccsc1. The van der Waals surface area contributed by atoms with E-state index in [1.54, 1.807) is 29.5 Å². The summed E-state index contributed by atoms with van der Waals surface area (Å²) in [6.45, 7) is 0.716. The zero-order valence-electron chi connectivity index (χ0n) is 9.52. The third kappa shape index (κ3) is 3.34. The molecule has 0 amide bonds. The molecule has 0 radical (unpaired) electrons. The molecule has 94 valence electrons. The minimum atomic E-state index is -0.916. The summed E-state index contributed by atoms with van der Waals surface area (Å²) in [4.78, 5) is 11.1. The molecule has 2 aromatic rings. The Kier molecular flexibility index (Phi) is 4.38. The van der Waals surface area contributed by atoms with Gasteiger partial charge in [0.05, 0.1) is 5.56 Å². The van der Waals surface area contributed by atoms with Crippen LogP contribution < -0.4 is 5.32 Å². The van der Waals surface area contributed by atoms with Crippen LogP contribution >= 0.6 is 27.3 Å². The molecule has 2 rings (SSSR count). The number of carboxylic acids is 1. The number of halogens is 1. The highest BCUT2D eigenvalue weighted by atomic mass is 79.9. The Morgan fingerprint density at radius 2 is 2.22 bits per heavy atom. The Bertz CT molecular complexity index is 540. The van der Waals surface area contributed by atoms with Crippen molar-refractivity contribution in [2.75, 3.05) is 11.9 Å². The van der Waals surface area contributed by atoms with Crippen LogP contribution in [0.1, 0.15) is 15.9 Å². The Morgan fingerprint density at radius 1 is 1.39 bits per heavy atom. The van der Waals surface area contributed by atoms with Crippen molar-refractivity contribution in [1.82, 2.24) is 0 Å². The Morgan fingerprint density at radius 3 is 2.89 bits per heavy atom. The Labute approximate surface area is 118 Å². The van der Waals surface area contributed by atoms with Crippen molar-refractivity contribution in [3.63, 3.8) is 0 Å². The fourth-order valence-electron chi connectivity index (χ4n) is 1.63. The van der Waals surface area contributed by atoms with Crippen molar-refractivity contribution in [1.29, 1.82) is 0 Å². The summed E-state index contributed by atoms with van der Waals surface area (Å²) in [5.41, 5.74) is 2.20. The van der Waals surface area contributed by atoms with Gasteiger partial charge in [-0.2, -0.15) is 11.3 Å². The van der Waals surface area contributed by atoms with Crippen LogP contribution in [0.2, 0.25) is 0 Å². The number of aromatic carboxylic acids is 1. The summed E-state index contributed by atoms with van der Waals surface area (Å²) in [5, 5.41) is 16.4. The van der Waals surface area contributed by atoms with Gasteiger partial charge in [0.2, 0.25) is 0 Å². The molecule has 0 unspecified atom stereocenters. The van der Waals surface area contributed by atoms with E-state index < -0.39 is 5.97 Å². The summed E-state index contributed by atoms with van der Waals surface area (Å²) in [6.07, 6.45) is 0.884. The molecule has 2 N–H and O–H groups in total. The van der Waals surface area contributed by atoms with E-state index in [-0.39, 0.29) is 0 Å². The van der Waals surface area contributed by atoms with Crippen LogP contribution in [0.4, 0.5) is 5.69 Å². The van der Waals surface area contributed by atoms with E-state index in [1.165, 1.54) is 5.56 Å². The van der Waals surface area contributed by atoms with Crippen molar-refractivity contribution >= 4 is 38.9 Å². The minimum absolute atomic E-state index is 0.295. The molecule has 0 aliphatic heterocycles. The first-order valence-electron chi connectivity index (χ1n) is 5.44. The highest BCUT2D eigenvalue weighted by Crippen LogP contribution is 2.21. The lowest BCUT2D eigenvalue weighted by Crippen LogP contribution is -2.09. The van der Waals surface area contributed by atoms with Gasteiger partial charge in [0, 0.05) is 16.7 Å². The second-order valence-electron chi connectivity index (χ2n) is 3.80. The molecule has 0 saturated heterocycles. The van der Waals surface area contributed by atoms with Crippen LogP contribution in [-0.4, -0.2) is 17.6 Å². The smallest absolute Gasteiger partial charge is 0.337 e. The van der Waals surface area contributed by atoms with Crippen LogP contribution in [0, 0.1) is 0 Å². The molecule has 0 aliphatic carbocycles. The fourth-order valence-corrected chi connectivity index (χ4v) is 2.69. The number of hydrogen-bond acceptors (Lipinski definition) is 3. The second-order valence-corrected chi connectivity index (χ2v) is 5.50. The maximum Gasteiger partial charge on any atom is 0.337 e. The maximum absolute atomic E-state index is 11.1. The molecule has 5 heteroatoms. The average Bonchev–Trinajstić information content (AvgIpc) is 2.82. The lowest BCUT2D eigenvalue weighted by Gasteiger charge is -2.09. The molecule has 0 atom stereocenters. The van der Waals surface area contributed by atoms with E-state index in [2.05, 4.69) is 32.7 Å². The quantitative estimate of drug-likeness (QED) is 0.877. The topological polar surface area (TPSA) is 49.3 Å². The normalized spacial score (nSPS) is 10.3.